The van der Waals surface area contributed by atoms with Gasteiger partial charge in [0.2, 0.25) is 0 Å². The van der Waals surface area contributed by atoms with E-state index in [9.17, 15) is 10.1 Å². The molecule has 0 aromatic heterocycles. The first-order chi connectivity index (χ1) is 5.70. The molecule has 0 amide bonds. The fourth-order valence-corrected chi connectivity index (χ4v) is 0.666. The molecule has 0 aliphatic heterocycles. The van der Waals surface area contributed by atoms with Crippen molar-refractivity contribution in [1.29, 1.82) is 0 Å². The molecule has 0 N–H and O–H groups in total. The lowest BCUT2D eigenvalue weighted by atomic mass is 10.2. The van der Waals surface area contributed by atoms with Gasteiger partial charge in [0.25, 0.3) is 5.69 Å². The van der Waals surface area contributed by atoms with Crippen molar-refractivity contribution in [2.75, 3.05) is 0 Å². The minimum Gasteiger partial charge on any atom is -0.307 e. The normalized spacial score (nSPS) is 8.08. The molecular formula is C8H9NO3. The Kier molecular flexibility index (Phi) is 4.30. The van der Waals surface area contributed by atoms with E-state index < -0.39 is 4.92 Å². The van der Waals surface area contributed by atoms with Crippen LogP contribution in [0.5, 0.6) is 0 Å². The summed E-state index contributed by atoms with van der Waals surface area (Å²) in [5, 5.41) is 10.1. The quantitative estimate of drug-likeness (QED) is 0.472. The highest BCUT2D eigenvalue weighted by Crippen LogP contribution is 2.10. The standard InChI is InChI=1S/C7H7NO2.CH2O/c1-6-2-4-7(5-3-6)8(9)10;1-2/h2-5H,1H3;1H2. The zero-order valence-corrected chi connectivity index (χ0v) is 6.69. The van der Waals surface area contributed by atoms with Crippen molar-refractivity contribution in [3.05, 3.63) is 39.9 Å². The average Bonchev–Trinajstić information content (AvgIpc) is 2.09. The maximum Gasteiger partial charge on any atom is 0.269 e. The minimum absolute atomic E-state index is 0.144. The average molecular weight is 167 g/mol. The number of nitro benzene ring substituents is 1. The third-order valence-corrected chi connectivity index (χ3v) is 1.24. The summed E-state index contributed by atoms with van der Waals surface area (Å²) in [5.41, 5.74) is 1.18. The molecule has 1 rings (SSSR count). The van der Waals surface area contributed by atoms with Crippen molar-refractivity contribution in [3.63, 3.8) is 0 Å². The van der Waals surface area contributed by atoms with Crippen molar-refractivity contribution < 1.29 is 9.72 Å². The summed E-state index contributed by atoms with van der Waals surface area (Å²) in [5.74, 6) is 0. The van der Waals surface area contributed by atoms with Gasteiger partial charge in [-0.3, -0.25) is 10.1 Å². The zero-order chi connectivity index (χ0) is 9.56. The molecule has 0 saturated heterocycles. The lowest BCUT2D eigenvalue weighted by Crippen LogP contribution is -1.86. The number of nitrogens with zero attached hydrogens (tertiary/aromatic N) is 1. The summed E-state index contributed by atoms with van der Waals surface area (Å²) in [6.07, 6.45) is 0. The molecule has 0 radical (unpaired) electrons. The Labute approximate surface area is 70.0 Å². The van der Waals surface area contributed by atoms with Crippen molar-refractivity contribution in [2.45, 2.75) is 6.92 Å². The van der Waals surface area contributed by atoms with Crippen LogP contribution in [0.2, 0.25) is 0 Å². The molecule has 0 spiro atoms. The summed E-state index contributed by atoms with van der Waals surface area (Å²) in [6, 6.07) is 6.43. The SMILES string of the molecule is C=O.Cc1ccc([N+](=O)[O-])cc1. The molecule has 64 valence electrons. The number of carbonyl (C=O) groups excluding carboxylic acids is 1. The van der Waals surface area contributed by atoms with E-state index >= 15 is 0 Å². The largest absolute Gasteiger partial charge is 0.307 e. The minimum atomic E-state index is -0.403. The van der Waals surface area contributed by atoms with Crippen LogP contribution < -0.4 is 0 Å². The van der Waals surface area contributed by atoms with E-state index in [-0.39, 0.29) is 5.69 Å². The van der Waals surface area contributed by atoms with Gasteiger partial charge in [-0.05, 0) is 6.92 Å². The van der Waals surface area contributed by atoms with Gasteiger partial charge in [-0.15, -0.1) is 0 Å². The van der Waals surface area contributed by atoms with Gasteiger partial charge in [-0.2, -0.15) is 0 Å². The van der Waals surface area contributed by atoms with Crippen molar-refractivity contribution >= 4 is 12.5 Å². The number of benzene rings is 1. The second-order valence-electron chi connectivity index (χ2n) is 2.09. The van der Waals surface area contributed by atoms with Gasteiger partial charge in [0.05, 0.1) is 4.92 Å². The number of non-ortho nitro benzene ring substituents is 1. The highest BCUT2D eigenvalue weighted by atomic mass is 16.6. The van der Waals surface area contributed by atoms with Crippen LogP contribution in [-0.2, 0) is 4.79 Å². The molecule has 0 aliphatic carbocycles. The van der Waals surface area contributed by atoms with Gasteiger partial charge in [0, 0.05) is 12.1 Å². The topological polar surface area (TPSA) is 60.2 Å². The fourth-order valence-electron chi connectivity index (χ4n) is 0.666. The Bertz CT molecular complexity index is 256. The van der Waals surface area contributed by atoms with Gasteiger partial charge in [-0.25, -0.2) is 0 Å². The molecule has 12 heavy (non-hydrogen) atoms. The molecule has 1 aromatic rings. The number of hydrogen-bond acceptors (Lipinski definition) is 3. The van der Waals surface area contributed by atoms with Crippen molar-refractivity contribution in [2.24, 2.45) is 0 Å². The van der Waals surface area contributed by atoms with Gasteiger partial charge >= 0.3 is 0 Å². The first-order valence-corrected chi connectivity index (χ1v) is 3.20. The summed E-state index contributed by atoms with van der Waals surface area (Å²) in [4.78, 5) is 17.7. The first kappa shape index (κ1) is 10.3. The third kappa shape index (κ3) is 2.92. The number of rotatable bonds is 1. The molecule has 0 fully saturated rings. The van der Waals surface area contributed by atoms with Crippen molar-refractivity contribution in [3.8, 4) is 0 Å². The smallest absolute Gasteiger partial charge is 0.269 e. The van der Waals surface area contributed by atoms with Crippen LogP contribution in [0.3, 0.4) is 0 Å². The predicted octanol–water partition coefficient (Wildman–Crippen LogP) is 1.72. The molecule has 0 atom stereocenters. The van der Waals surface area contributed by atoms with Crippen LogP contribution >= 0.6 is 0 Å². The van der Waals surface area contributed by atoms with E-state index in [4.69, 9.17) is 4.79 Å². The Balaban J connectivity index is 0.000000561. The van der Waals surface area contributed by atoms with E-state index in [1.54, 1.807) is 12.1 Å². The van der Waals surface area contributed by atoms with Gasteiger partial charge < -0.3 is 4.79 Å². The number of nitro groups is 1. The van der Waals surface area contributed by atoms with E-state index in [2.05, 4.69) is 0 Å². The Hall–Kier alpha value is -1.71. The molecule has 0 heterocycles. The maximum absolute atomic E-state index is 10.1. The Morgan fingerprint density at radius 1 is 1.25 bits per heavy atom. The van der Waals surface area contributed by atoms with E-state index in [0.29, 0.717) is 0 Å². The Morgan fingerprint density at radius 3 is 2.00 bits per heavy atom. The van der Waals surface area contributed by atoms with Crippen LogP contribution in [0, 0.1) is 17.0 Å². The molecule has 0 saturated carbocycles. The highest BCUT2D eigenvalue weighted by Gasteiger charge is 2.00. The number of aryl methyl sites for hydroxylation is 1. The highest BCUT2D eigenvalue weighted by molar-refractivity contribution is 5.31. The van der Waals surface area contributed by atoms with Crippen LogP contribution in [0.15, 0.2) is 24.3 Å². The monoisotopic (exact) mass is 167 g/mol. The van der Waals surface area contributed by atoms with Gasteiger partial charge in [0.15, 0.2) is 0 Å². The predicted molar refractivity (Wildman–Crippen MR) is 45.0 cm³/mol. The summed E-state index contributed by atoms with van der Waals surface area (Å²) < 4.78 is 0. The zero-order valence-electron chi connectivity index (χ0n) is 6.69. The van der Waals surface area contributed by atoms with Crippen LogP contribution in [-0.4, -0.2) is 11.7 Å². The molecule has 0 unspecified atom stereocenters. The van der Waals surface area contributed by atoms with Crippen LogP contribution in [0.25, 0.3) is 0 Å². The summed E-state index contributed by atoms with van der Waals surface area (Å²) in [6.45, 7) is 3.89. The lowest BCUT2D eigenvalue weighted by molar-refractivity contribution is -0.384. The molecule has 4 nitrogen and oxygen atoms in total. The van der Waals surface area contributed by atoms with E-state index in [1.165, 1.54) is 12.1 Å². The van der Waals surface area contributed by atoms with Gasteiger partial charge in [-0.1, -0.05) is 17.7 Å². The van der Waals surface area contributed by atoms with Crippen molar-refractivity contribution in [1.82, 2.24) is 0 Å². The second-order valence-corrected chi connectivity index (χ2v) is 2.09. The summed E-state index contributed by atoms with van der Waals surface area (Å²) >= 11 is 0. The third-order valence-electron chi connectivity index (χ3n) is 1.24. The molecular weight excluding hydrogens is 158 g/mol. The van der Waals surface area contributed by atoms with Crippen LogP contribution in [0.1, 0.15) is 5.56 Å². The van der Waals surface area contributed by atoms with Gasteiger partial charge in [0.1, 0.15) is 6.79 Å². The molecule has 4 heteroatoms. The molecule has 1 aromatic carbocycles. The molecule has 0 bridgehead atoms. The molecule has 0 aliphatic rings. The second kappa shape index (κ2) is 5.01. The van der Waals surface area contributed by atoms with E-state index in [0.717, 1.165) is 5.56 Å². The number of hydrogen-bond donors (Lipinski definition) is 0. The fraction of sp³-hybridized carbons (Fsp3) is 0.125. The van der Waals surface area contributed by atoms with Crippen LogP contribution in [0.4, 0.5) is 5.69 Å². The maximum atomic E-state index is 10.1. The summed E-state index contributed by atoms with van der Waals surface area (Å²) in [7, 11) is 0. The number of carbonyl (C=O) groups is 1. The lowest BCUT2D eigenvalue weighted by Gasteiger charge is -1.90. The Morgan fingerprint density at radius 2 is 1.67 bits per heavy atom. The first-order valence-electron chi connectivity index (χ1n) is 3.20. The van der Waals surface area contributed by atoms with E-state index in [1.807, 2.05) is 13.7 Å².